The summed E-state index contributed by atoms with van der Waals surface area (Å²) in [4.78, 5) is 8.99. The fourth-order valence-electron chi connectivity index (χ4n) is 3.40. The maximum Gasteiger partial charge on any atom is 0.193 e. The molecule has 1 saturated heterocycles. The van der Waals surface area contributed by atoms with Gasteiger partial charge in [0.05, 0.1) is 6.10 Å². The number of nitrogens with one attached hydrogen (secondary N) is 1. The summed E-state index contributed by atoms with van der Waals surface area (Å²) in [5.74, 6) is 0.978. The van der Waals surface area contributed by atoms with Gasteiger partial charge in [0.25, 0.3) is 0 Å². The minimum absolute atomic E-state index is 0. The van der Waals surface area contributed by atoms with E-state index in [4.69, 9.17) is 9.47 Å². The predicted molar refractivity (Wildman–Crippen MR) is 126 cm³/mol. The number of nitrogens with zero attached hydrogens (tertiary/aromatic N) is 3. The molecule has 1 N–H and O–H groups in total. The van der Waals surface area contributed by atoms with Crippen LogP contribution < -0.4 is 5.32 Å². The molecule has 0 aliphatic carbocycles. The Morgan fingerprint density at radius 3 is 2.57 bits per heavy atom. The molecule has 28 heavy (non-hydrogen) atoms. The second-order valence-electron chi connectivity index (χ2n) is 7.36. The third-order valence-electron chi connectivity index (χ3n) is 4.74. The molecule has 7 heteroatoms. The van der Waals surface area contributed by atoms with Crippen molar-refractivity contribution in [3.63, 3.8) is 0 Å². The molecule has 0 bridgehead atoms. The van der Waals surface area contributed by atoms with E-state index in [1.54, 1.807) is 7.11 Å². The zero-order valence-corrected chi connectivity index (χ0v) is 20.1. The standard InChI is InChI=1S/C21H36N4O2.HI/c1-22-21(23-16-18-7-5-8-19(15-18)17-24(2)3)25-11-9-20(10-12-25)27-14-6-13-26-4;/h5,7-8,15,20H,6,9-14,16-17H2,1-4H3,(H,22,23);1H. The Kier molecular flexibility index (Phi) is 12.7. The second-order valence-corrected chi connectivity index (χ2v) is 7.36. The molecule has 0 atom stereocenters. The molecule has 1 aromatic carbocycles. The van der Waals surface area contributed by atoms with Crippen molar-refractivity contribution in [2.75, 3.05) is 54.6 Å². The van der Waals surface area contributed by atoms with Crippen LogP contribution in [0.25, 0.3) is 0 Å². The third-order valence-corrected chi connectivity index (χ3v) is 4.74. The lowest BCUT2D eigenvalue weighted by Gasteiger charge is -2.34. The van der Waals surface area contributed by atoms with Crippen molar-refractivity contribution in [1.29, 1.82) is 0 Å². The van der Waals surface area contributed by atoms with Gasteiger partial charge < -0.3 is 24.6 Å². The molecular weight excluding hydrogens is 467 g/mol. The number of ether oxygens (including phenoxy) is 2. The molecule has 1 heterocycles. The lowest BCUT2D eigenvalue weighted by atomic mass is 10.1. The van der Waals surface area contributed by atoms with E-state index in [1.807, 2.05) is 7.05 Å². The fourth-order valence-corrected chi connectivity index (χ4v) is 3.40. The number of likely N-dealkylation sites (tertiary alicyclic amines) is 1. The first kappa shape index (κ1) is 25.1. The average molecular weight is 504 g/mol. The topological polar surface area (TPSA) is 49.3 Å². The minimum Gasteiger partial charge on any atom is -0.385 e. The SMILES string of the molecule is CN=C(NCc1cccc(CN(C)C)c1)N1CCC(OCCCOC)CC1.I. The van der Waals surface area contributed by atoms with Crippen molar-refractivity contribution in [3.8, 4) is 0 Å². The zero-order valence-electron chi connectivity index (χ0n) is 17.8. The number of halogens is 1. The van der Waals surface area contributed by atoms with Gasteiger partial charge in [0.15, 0.2) is 5.96 Å². The number of methoxy groups -OCH3 is 1. The summed E-state index contributed by atoms with van der Waals surface area (Å²) in [6, 6.07) is 8.74. The molecule has 0 amide bonds. The Balaban J connectivity index is 0.00000392. The van der Waals surface area contributed by atoms with Gasteiger partial charge >= 0.3 is 0 Å². The summed E-state index contributed by atoms with van der Waals surface area (Å²) < 4.78 is 11.0. The summed E-state index contributed by atoms with van der Waals surface area (Å²) in [5.41, 5.74) is 2.62. The Labute approximate surface area is 187 Å². The van der Waals surface area contributed by atoms with Crippen molar-refractivity contribution >= 4 is 29.9 Å². The van der Waals surface area contributed by atoms with E-state index in [9.17, 15) is 0 Å². The molecular formula is C21H37IN4O2. The Hall–Kier alpha value is -0.900. The molecule has 6 nitrogen and oxygen atoms in total. The van der Waals surface area contributed by atoms with Crippen molar-refractivity contribution < 1.29 is 9.47 Å². The van der Waals surface area contributed by atoms with Gasteiger partial charge in [0.1, 0.15) is 0 Å². The van der Waals surface area contributed by atoms with Crippen LogP contribution in [0.5, 0.6) is 0 Å². The molecule has 0 unspecified atom stereocenters. The van der Waals surface area contributed by atoms with Gasteiger partial charge in [0.2, 0.25) is 0 Å². The van der Waals surface area contributed by atoms with Gasteiger partial charge in [-0.1, -0.05) is 24.3 Å². The summed E-state index contributed by atoms with van der Waals surface area (Å²) in [7, 11) is 7.78. The summed E-state index contributed by atoms with van der Waals surface area (Å²) >= 11 is 0. The van der Waals surface area contributed by atoms with Gasteiger partial charge in [-0.2, -0.15) is 0 Å². The van der Waals surface area contributed by atoms with E-state index in [1.165, 1.54) is 11.1 Å². The van der Waals surface area contributed by atoms with Crippen LogP contribution in [0.2, 0.25) is 0 Å². The van der Waals surface area contributed by atoms with Gasteiger partial charge in [-0.15, -0.1) is 24.0 Å². The van der Waals surface area contributed by atoms with Crippen LogP contribution >= 0.6 is 24.0 Å². The van der Waals surface area contributed by atoms with Crippen molar-refractivity contribution in [1.82, 2.24) is 15.1 Å². The Morgan fingerprint density at radius 1 is 1.21 bits per heavy atom. The van der Waals surface area contributed by atoms with Gasteiger partial charge in [0, 0.05) is 53.6 Å². The Bertz CT molecular complexity index is 575. The number of guanidine groups is 1. The smallest absolute Gasteiger partial charge is 0.193 e. The lowest BCUT2D eigenvalue weighted by molar-refractivity contribution is 0.00989. The third kappa shape index (κ3) is 9.07. The number of rotatable bonds is 9. The predicted octanol–water partition coefficient (Wildman–Crippen LogP) is 2.96. The highest BCUT2D eigenvalue weighted by Gasteiger charge is 2.21. The first-order valence-electron chi connectivity index (χ1n) is 9.91. The van der Waals surface area contributed by atoms with Crippen LogP contribution in [-0.2, 0) is 22.6 Å². The van der Waals surface area contributed by atoms with Crippen LogP contribution in [0.3, 0.4) is 0 Å². The summed E-state index contributed by atoms with van der Waals surface area (Å²) in [6.45, 7) is 5.27. The van der Waals surface area contributed by atoms with E-state index in [0.717, 1.165) is 64.6 Å². The summed E-state index contributed by atoms with van der Waals surface area (Å²) in [5, 5.41) is 3.52. The van der Waals surface area contributed by atoms with Crippen LogP contribution in [-0.4, -0.2) is 76.4 Å². The fraction of sp³-hybridized carbons (Fsp3) is 0.667. The van der Waals surface area contributed by atoms with Gasteiger partial charge in [-0.25, -0.2) is 0 Å². The molecule has 1 aliphatic rings. The van der Waals surface area contributed by atoms with Crippen molar-refractivity contribution in [3.05, 3.63) is 35.4 Å². The van der Waals surface area contributed by atoms with Crippen LogP contribution in [0.4, 0.5) is 0 Å². The van der Waals surface area contributed by atoms with Gasteiger partial charge in [-0.3, -0.25) is 4.99 Å². The van der Waals surface area contributed by atoms with Gasteiger partial charge in [-0.05, 0) is 44.5 Å². The number of aliphatic imine (C=N–C) groups is 1. The van der Waals surface area contributed by atoms with Crippen LogP contribution in [0.1, 0.15) is 30.4 Å². The van der Waals surface area contributed by atoms with E-state index < -0.39 is 0 Å². The van der Waals surface area contributed by atoms with E-state index in [-0.39, 0.29) is 24.0 Å². The van der Waals surface area contributed by atoms with E-state index >= 15 is 0 Å². The highest BCUT2D eigenvalue weighted by atomic mass is 127. The van der Waals surface area contributed by atoms with E-state index in [2.05, 4.69) is 58.5 Å². The maximum absolute atomic E-state index is 5.95. The molecule has 0 spiro atoms. The number of piperidine rings is 1. The molecule has 0 saturated carbocycles. The summed E-state index contributed by atoms with van der Waals surface area (Å²) in [6.07, 6.45) is 3.42. The molecule has 1 aliphatic heterocycles. The number of hydrogen-bond donors (Lipinski definition) is 1. The number of hydrogen-bond acceptors (Lipinski definition) is 4. The lowest BCUT2D eigenvalue weighted by Crippen LogP contribution is -2.46. The van der Waals surface area contributed by atoms with Crippen LogP contribution in [0.15, 0.2) is 29.3 Å². The van der Waals surface area contributed by atoms with Crippen LogP contribution in [0, 0.1) is 0 Å². The zero-order chi connectivity index (χ0) is 19.5. The molecule has 1 fully saturated rings. The first-order valence-corrected chi connectivity index (χ1v) is 9.91. The average Bonchev–Trinajstić information content (AvgIpc) is 2.66. The minimum atomic E-state index is 0. The quantitative estimate of drug-likeness (QED) is 0.243. The molecule has 0 radical (unpaired) electrons. The van der Waals surface area contributed by atoms with Crippen molar-refractivity contribution in [2.45, 2.75) is 38.5 Å². The molecule has 0 aromatic heterocycles. The Morgan fingerprint density at radius 2 is 1.93 bits per heavy atom. The highest BCUT2D eigenvalue weighted by molar-refractivity contribution is 14.0. The molecule has 160 valence electrons. The van der Waals surface area contributed by atoms with Crippen molar-refractivity contribution in [2.24, 2.45) is 4.99 Å². The first-order chi connectivity index (χ1) is 13.1. The largest absolute Gasteiger partial charge is 0.385 e. The monoisotopic (exact) mass is 504 g/mol. The molecule has 2 rings (SSSR count). The van der Waals surface area contributed by atoms with E-state index in [0.29, 0.717) is 6.10 Å². The number of benzene rings is 1. The molecule has 1 aromatic rings. The second kappa shape index (κ2) is 14.1. The normalized spacial score (nSPS) is 15.6. The maximum atomic E-state index is 5.95. The highest BCUT2D eigenvalue weighted by Crippen LogP contribution is 2.14.